The van der Waals surface area contributed by atoms with Crippen molar-refractivity contribution in [2.45, 2.75) is 84.5 Å². The molecular formula is C26H38. The summed E-state index contributed by atoms with van der Waals surface area (Å²) in [5.41, 5.74) is 2.95. The fraction of sp³-hybridized carbons (Fsp3) is 0.769. The molecule has 0 aliphatic heterocycles. The Bertz CT molecular complexity index is 633. The molecule has 0 amide bonds. The Morgan fingerprint density at radius 3 is 2.54 bits per heavy atom. The van der Waals surface area contributed by atoms with Gasteiger partial charge in [-0.05, 0) is 110 Å². The topological polar surface area (TPSA) is 0 Å². The van der Waals surface area contributed by atoms with Crippen LogP contribution < -0.4 is 0 Å². The summed E-state index contributed by atoms with van der Waals surface area (Å²) < 4.78 is 0. The van der Waals surface area contributed by atoms with Crippen LogP contribution in [0.1, 0.15) is 83.6 Å². The van der Waals surface area contributed by atoms with Crippen molar-refractivity contribution >= 4 is 0 Å². The molecule has 26 heavy (non-hydrogen) atoms. The molecule has 4 aliphatic rings. The van der Waals surface area contributed by atoms with E-state index in [9.17, 15) is 0 Å². The molecule has 0 aromatic heterocycles. The van der Waals surface area contributed by atoms with E-state index in [0.29, 0.717) is 5.41 Å². The lowest BCUT2D eigenvalue weighted by molar-refractivity contribution is -0.111. The molecule has 0 radical (unpaired) electrons. The van der Waals surface area contributed by atoms with E-state index < -0.39 is 0 Å². The number of hydrogen-bond donors (Lipinski definition) is 0. The molecule has 1 aromatic carbocycles. The van der Waals surface area contributed by atoms with Gasteiger partial charge in [-0.2, -0.15) is 0 Å². The van der Waals surface area contributed by atoms with Crippen LogP contribution in [0.25, 0.3) is 0 Å². The lowest BCUT2D eigenvalue weighted by Crippen LogP contribution is -2.52. The van der Waals surface area contributed by atoms with Gasteiger partial charge in [0.05, 0.1) is 0 Å². The van der Waals surface area contributed by atoms with Gasteiger partial charge in [0.1, 0.15) is 0 Å². The highest BCUT2D eigenvalue weighted by Gasteiger charge is 2.57. The second kappa shape index (κ2) is 6.39. The Morgan fingerprint density at radius 2 is 1.69 bits per heavy atom. The normalized spacial score (nSPS) is 47.7. The molecule has 0 unspecified atom stereocenters. The van der Waals surface area contributed by atoms with Crippen molar-refractivity contribution in [3.63, 3.8) is 0 Å². The summed E-state index contributed by atoms with van der Waals surface area (Å²) in [4.78, 5) is 0. The lowest BCUT2D eigenvalue weighted by Gasteiger charge is -2.60. The Hall–Kier alpha value is -0.780. The van der Waals surface area contributed by atoms with Gasteiger partial charge in [-0.15, -0.1) is 0 Å². The molecule has 4 fully saturated rings. The van der Waals surface area contributed by atoms with E-state index in [4.69, 9.17) is 0 Å². The largest absolute Gasteiger partial charge is 0.0622 e. The highest BCUT2D eigenvalue weighted by molar-refractivity contribution is 5.16. The summed E-state index contributed by atoms with van der Waals surface area (Å²) in [6.07, 6.45) is 16.6. The maximum atomic E-state index is 2.73. The standard InChI is InChI=1S/C26H38/c1-25-14-6-9-23(25)22-11-10-21-18-20(17-19-7-4-3-5-8-19)12-16-26(21,2)24(22)13-15-25/h3-5,7-8,20-24H,6,9-18H2,1-2H3/t20-,21+,22+,23+,24+,25+,26+/m1/s1. The van der Waals surface area contributed by atoms with Gasteiger partial charge in [-0.3, -0.25) is 0 Å². The first kappa shape index (κ1) is 17.3. The van der Waals surface area contributed by atoms with Crippen LogP contribution in [-0.2, 0) is 6.42 Å². The second-order valence-electron chi connectivity index (χ2n) is 11.1. The molecule has 0 heterocycles. The zero-order valence-corrected chi connectivity index (χ0v) is 17.1. The SMILES string of the molecule is C[C@@]12CCC[C@H]1[C@@H]1CC[C@H]3C[C@@H](Cc4ccccc4)CC[C@]3(C)[C@H]1CC2. The van der Waals surface area contributed by atoms with E-state index in [0.717, 1.165) is 35.0 Å². The number of fused-ring (bicyclic) bond motifs is 5. The molecule has 7 atom stereocenters. The van der Waals surface area contributed by atoms with Crippen molar-refractivity contribution in [2.75, 3.05) is 0 Å². The van der Waals surface area contributed by atoms with Gasteiger partial charge < -0.3 is 0 Å². The summed E-state index contributed by atoms with van der Waals surface area (Å²) in [7, 11) is 0. The van der Waals surface area contributed by atoms with Gasteiger partial charge in [-0.25, -0.2) is 0 Å². The third-order valence-corrected chi connectivity index (χ3v) is 9.92. The minimum absolute atomic E-state index is 0.667. The van der Waals surface area contributed by atoms with Crippen molar-refractivity contribution in [2.24, 2.45) is 40.4 Å². The number of rotatable bonds is 2. The zero-order valence-electron chi connectivity index (χ0n) is 17.1. The Kier molecular flexibility index (Phi) is 4.26. The minimum atomic E-state index is 0.667. The Morgan fingerprint density at radius 1 is 0.846 bits per heavy atom. The first-order valence-electron chi connectivity index (χ1n) is 11.6. The van der Waals surface area contributed by atoms with Crippen molar-refractivity contribution < 1.29 is 0 Å². The molecule has 0 spiro atoms. The summed E-state index contributed by atoms with van der Waals surface area (Å²) >= 11 is 0. The van der Waals surface area contributed by atoms with Crippen molar-refractivity contribution in [3.8, 4) is 0 Å². The monoisotopic (exact) mass is 350 g/mol. The van der Waals surface area contributed by atoms with Crippen LogP contribution in [0.4, 0.5) is 0 Å². The molecule has 0 N–H and O–H groups in total. The van der Waals surface area contributed by atoms with Crippen molar-refractivity contribution in [1.82, 2.24) is 0 Å². The number of benzene rings is 1. The quantitative estimate of drug-likeness (QED) is 0.526. The fourth-order valence-corrected chi connectivity index (χ4v) is 8.47. The van der Waals surface area contributed by atoms with Gasteiger partial charge in [-0.1, -0.05) is 50.6 Å². The number of hydrogen-bond acceptors (Lipinski definition) is 0. The Labute approximate surface area is 161 Å². The molecule has 142 valence electrons. The van der Waals surface area contributed by atoms with Crippen LogP contribution in [0.5, 0.6) is 0 Å². The van der Waals surface area contributed by atoms with Crippen molar-refractivity contribution in [1.29, 1.82) is 0 Å². The predicted octanol–water partition coefficient (Wildman–Crippen LogP) is 7.28. The molecule has 1 aromatic rings. The van der Waals surface area contributed by atoms with Gasteiger partial charge in [0.25, 0.3) is 0 Å². The summed E-state index contributed by atoms with van der Waals surface area (Å²) in [6, 6.07) is 11.3. The van der Waals surface area contributed by atoms with E-state index in [2.05, 4.69) is 44.2 Å². The first-order chi connectivity index (χ1) is 12.6. The summed E-state index contributed by atoms with van der Waals surface area (Å²) in [6.45, 7) is 5.37. The molecule has 0 bridgehead atoms. The van der Waals surface area contributed by atoms with E-state index in [1.807, 2.05) is 0 Å². The van der Waals surface area contributed by atoms with E-state index in [-0.39, 0.29) is 0 Å². The molecule has 5 rings (SSSR count). The van der Waals surface area contributed by atoms with Crippen LogP contribution in [0.3, 0.4) is 0 Å². The van der Waals surface area contributed by atoms with Crippen molar-refractivity contribution in [3.05, 3.63) is 35.9 Å². The van der Waals surface area contributed by atoms with Gasteiger partial charge in [0.15, 0.2) is 0 Å². The fourth-order valence-electron chi connectivity index (χ4n) is 8.47. The third-order valence-electron chi connectivity index (χ3n) is 9.92. The predicted molar refractivity (Wildman–Crippen MR) is 110 cm³/mol. The van der Waals surface area contributed by atoms with Crippen LogP contribution in [0.15, 0.2) is 30.3 Å². The molecule has 0 nitrogen and oxygen atoms in total. The van der Waals surface area contributed by atoms with Crippen LogP contribution in [0, 0.1) is 40.4 Å². The highest BCUT2D eigenvalue weighted by Crippen LogP contribution is 2.66. The maximum absolute atomic E-state index is 2.73. The second-order valence-corrected chi connectivity index (χ2v) is 11.1. The van der Waals surface area contributed by atoms with Crippen LogP contribution in [-0.4, -0.2) is 0 Å². The minimum Gasteiger partial charge on any atom is -0.0622 e. The average Bonchev–Trinajstić information content (AvgIpc) is 3.05. The highest BCUT2D eigenvalue weighted by atomic mass is 14.6. The van der Waals surface area contributed by atoms with Crippen LogP contribution in [0.2, 0.25) is 0 Å². The van der Waals surface area contributed by atoms with E-state index in [1.54, 1.807) is 24.8 Å². The van der Waals surface area contributed by atoms with Gasteiger partial charge in [0, 0.05) is 0 Å². The van der Waals surface area contributed by atoms with E-state index >= 15 is 0 Å². The van der Waals surface area contributed by atoms with Gasteiger partial charge >= 0.3 is 0 Å². The molecular weight excluding hydrogens is 312 g/mol. The maximum Gasteiger partial charge on any atom is -0.0250 e. The van der Waals surface area contributed by atoms with Gasteiger partial charge in [0.2, 0.25) is 0 Å². The molecule has 0 saturated heterocycles. The molecule has 0 heteroatoms. The molecule has 4 aliphatic carbocycles. The molecule has 4 saturated carbocycles. The smallest absolute Gasteiger partial charge is 0.0250 e. The van der Waals surface area contributed by atoms with E-state index in [1.165, 1.54) is 51.4 Å². The van der Waals surface area contributed by atoms with Crippen LogP contribution >= 0.6 is 0 Å². The Balaban J connectivity index is 1.31. The average molecular weight is 351 g/mol. The summed E-state index contributed by atoms with van der Waals surface area (Å²) in [5.74, 6) is 5.14. The zero-order chi connectivity index (χ0) is 17.8. The lowest BCUT2D eigenvalue weighted by atomic mass is 9.44. The third kappa shape index (κ3) is 2.70. The first-order valence-corrected chi connectivity index (χ1v) is 11.6. The summed E-state index contributed by atoms with van der Waals surface area (Å²) in [5, 5.41) is 0.